The average Bonchev–Trinajstić information content (AvgIpc) is 2.27. The van der Waals surface area contributed by atoms with Gasteiger partial charge in [0.25, 0.3) is 0 Å². The van der Waals surface area contributed by atoms with Crippen LogP contribution >= 0.6 is 0 Å². The van der Waals surface area contributed by atoms with E-state index < -0.39 is 40.8 Å². The quantitative estimate of drug-likeness (QED) is 0.723. The van der Waals surface area contributed by atoms with Crippen LogP contribution in [0.3, 0.4) is 0 Å². The summed E-state index contributed by atoms with van der Waals surface area (Å²) in [6, 6.07) is -0.713. The van der Waals surface area contributed by atoms with E-state index in [9.17, 15) is 26.4 Å². The van der Waals surface area contributed by atoms with E-state index in [1.807, 2.05) is 0 Å². The molecule has 0 amide bonds. The lowest BCUT2D eigenvalue weighted by molar-refractivity contribution is -0.134. The lowest BCUT2D eigenvalue weighted by Gasteiger charge is -2.31. The van der Waals surface area contributed by atoms with Crippen LogP contribution in [0.2, 0.25) is 0 Å². The highest BCUT2D eigenvalue weighted by Crippen LogP contribution is 2.24. The van der Waals surface area contributed by atoms with E-state index in [2.05, 4.69) is 0 Å². The Morgan fingerprint density at radius 3 is 2.50 bits per heavy atom. The second-order valence-corrected chi connectivity index (χ2v) is 6.39. The fourth-order valence-corrected chi connectivity index (χ4v) is 3.70. The largest absolute Gasteiger partial charge is 0.389 e. The predicted octanol–water partition coefficient (Wildman–Crippen LogP) is 1.71. The van der Waals surface area contributed by atoms with Crippen molar-refractivity contribution in [2.24, 2.45) is 0 Å². The van der Waals surface area contributed by atoms with E-state index in [4.69, 9.17) is 0 Å². The first-order valence-corrected chi connectivity index (χ1v) is 7.39. The molecule has 1 aliphatic rings. The molecule has 0 saturated carbocycles. The zero-order valence-electron chi connectivity index (χ0n) is 9.82. The normalized spacial score (nSPS) is 22.9. The van der Waals surface area contributed by atoms with Gasteiger partial charge in [-0.05, 0) is 19.3 Å². The van der Waals surface area contributed by atoms with Crippen LogP contribution in [0.15, 0.2) is 0 Å². The van der Waals surface area contributed by atoms with Crippen molar-refractivity contribution in [2.45, 2.75) is 44.3 Å². The van der Waals surface area contributed by atoms with E-state index in [1.54, 1.807) is 0 Å². The number of rotatable bonds is 5. The summed E-state index contributed by atoms with van der Waals surface area (Å²) in [4.78, 5) is 10.8. The summed E-state index contributed by atoms with van der Waals surface area (Å²) in [5, 5.41) is 0. The fourth-order valence-electron chi connectivity index (χ4n) is 1.98. The summed E-state index contributed by atoms with van der Waals surface area (Å²) in [5.41, 5.74) is 0. The zero-order chi connectivity index (χ0) is 13.8. The van der Waals surface area contributed by atoms with Crippen molar-refractivity contribution in [2.75, 3.05) is 12.3 Å². The van der Waals surface area contributed by atoms with E-state index in [-0.39, 0.29) is 6.54 Å². The highest BCUT2D eigenvalue weighted by molar-refractivity contribution is 7.89. The molecule has 1 heterocycles. The Morgan fingerprint density at radius 1 is 1.28 bits per heavy atom. The summed E-state index contributed by atoms with van der Waals surface area (Å²) >= 11 is 0. The summed E-state index contributed by atoms with van der Waals surface area (Å²) in [5.74, 6) is -0.559. The van der Waals surface area contributed by atoms with Crippen LogP contribution in [0.25, 0.3) is 0 Å². The van der Waals surface area contributed by atoms with Crippen LogP contribution in [-0.2, 0) is 14.8 Å². The monoisotopic (exact) mass is 287 g/mol. The first-order chi connectivity index (χ1) is 8.26. The SMILES string of the molecule is O=CC1CCCCN1S(=O)(=O)CCCC(F)(F)F. The molecule has 0 aliphatic carbocycles. The van der Waals surface area contributed by atoms with Crippen LogP contribution in [-0.4, -0.2) is 43.5 Å². The predicted molar refractivity (Wildman–Crippen MR) is 59.5 cm³/mol. The molecule has 4 nitrogen and oxygen atoms in total. The minimum absolute atomic E-state index is 0.220. The molecule has 0 aromatic rings. The van der Waals surface area contributed by atoms with Gasteiger partial charge in [0.05, 0.1) is 11.8 Å². The van der Waals surface area contributed by atoms with Gasteiger partial charge in [-0.25, -0.2) is 8.42 Å². The number of aldehydes is 1. The van der Waals surface area contributed by atoms with Gasteiger partial charge >= 0.3 is 6.18 Å². The van der Waals surface area contributed by atoms with Gasteiger partial charge in [0, 0.05) is 13.0 Å². The van der Waals surface area contributed by atoms with E-state index in [1.165, 1.54) is 0 Å². The number of carbonyl (C=O) groups is 1. The lowest BCUT2D eigenvalue weighted by atomic mass is 10.1. The standard InChI is InChI=1S/C10H16F3NO3S/c11-10(12,13)5-3-7-18(16,17)14-6-2-1-4-9(14)8-15/h8-9H,1-7H2. The Labute approximate surface area is 104 Å². The number of sulfonamides is 1. The average molecular weight is 287 g/mol. The second kappa shape index (κ2) is 6.01. The number of hydrogen-bond donors (Lipinski definition) is 0. The van der Waals surface area contributed by atoms with E-state index in [0.717, 1.165) is 10.7 Å². The van der Waals surface area contributed by atoms with Gasteiger partial charge < -0.3 is 4.79 Å². The van der Waals surface area contributed by atoms with Crippen molar-refractivity contribution in [3.05, 3.63) is 0 Å². The Kier molecular flexibility index (Phi) is 5.15. The molecular formula is C10H16F3NO3S. The molecule has 0 bridgehead atoms. The van der Waals surface area contributed by atoms with E-state index >= 15 is 0 Å². The Bertz CT molecular complexity index is 380. The number of piperidine rings is 1. The molecule has 1 unspecified atom stereocenters. The minimum Gasteiger partial charge on any atom is -0.302 e. The first kappa shape index (κ1) is 15.4. The van der Waals surface area contributed by atoms with Crippen LogP contribution in [0, 0.1) is 0 Å². The molecule has 18 heavy (non-hydrogen) atoms. The maximum atomic E-state index is 12.0. The molecule has 1 fully saturated rings. The van der Waals surface area contributed by atoms with E-state index in [0.29, 0.717) is 19.1 Å². The summed E-state index contributed by atoms with van der Waals surface area (Å²) < 4.78 is 60.6. The van der Waals surface area contributed by atoms with Crippen LogP contribution in [0.5, 0.6) is 0 Å². The molecule has 0 spiro atoms. The fraction of sp³-hybridized carbons (Fsp3) is 0.900. The Balaban J connectivity index is 2.59. The summed E-state index contributed by atoms with van der Waals surface area (Å²) in [7, 11) is -3.76. The van der Waals surface area contributed by atoms with Crippen molar-refractivity contribution in [3.63, 3.8) is 0 Å². The van der Waals surface area contributed by atoms with Crippen LogP contribution < -0.4 is 0 Å². The number of hydrogen-bond acceptors (Lipinski definition) is 3. The molecule has 0 radical (unpaired) electrons. The van der Waals surface area contributed by atoms with Gasteiger partial charge in [-0.3, -0.25) is 0 Å². The molecule has 1 aliphatic heterocycles. The van der Waals surface area contributed by atoms with Crippen molar-refractivity contribution in [1.29, 1.82) is 0 Å². The molecular weight excluding hydrogens is 271 g/mol. The highest BCUT2D eigenvalue weighted by Gasteiger charge is 2.33. The zero-order valence-corrected chi connectivity index (χ0v) is 10.6. The molecule has 1 saturated heterocycles. The van der Waals surface area contributed by atoms with Gasteiger partial charge in [0.2, 0.25) is 10.0 Å². The molecule has 8 heteroatoms. The van der Waals surface area contributed by atoms with Gasteiger partial charge in [-0.2, -0.15) is 17.5 Å². The molecule has 1 rings (SSSR count). The lowest BCUT2D eigenvalue weighted by Crippen LogP contribution is -2.45. The van der Waals surface area contributed by atoms with Crippen LogP contribution in [0.1, 0.15) is 32.1 Å². The molecule has 1 atom stereocenters. The Morgan fingerprint density at radius 2 is 1.94 bits per heavy atom. The third-order valence-corrected chi connectivity index (χ3v) is 4.85. The van der Waals surface area contributed by atoms with Crippen molar-refractivity contribution in [1.82, 2.24) is 4.31 Å². The second-order valence-electron chi connectivity index (χ2n) is 4.34. The maximum absolute atomic E-state index is 12.0. The third-order valence-electron chi connectivity index (χ3n) is 2.88. The van der Waals surface area contributed by atoms with Gasteiger partial charge in [0.1, 0.15) is 6.29 Å². The topological polar surface area (TPSA) is 54.5 Å². The van der Waals surface area contributed by atoms with Gasteiger partial charge in [0.15, 0.2) is 0 Å². The third kappa shape index (κ3) is 4.56. The number of halogens is 3. The van der Waals surface area contributed by atoms with Crippen LogP contribution in [0.4, 0.5) is 13.2 Å². The molecule has 0 aromatic carbocycles. The maximum Gasteiger partial charge on any atom is 0.389 e. The Hall–Kier alpha value is -0.630. The van der Waals surface area contributed by atoms with Crippen molar-refractivity contribution < 1.29 is 26.4 Å². The summed E-state index contributed by atoms with van der Waals surface area (Å²) in [6.45, 7) is 0.220. The molecule has 106 valence electrons. The summed E-state index contributed by atoms with van der Waals surface area (Å²) in [6.07, 6.45) is -3.52. The number of nitrogens with zero attached hydrogens (tertiary/aromatic N) is 1. The first-order valence-electron chi connectivity index (χ1n) is 5.78. The number of carbonyl (C=O) groups excluding carboxylic acids is 1. The van der Waals surface area contributed by atoms with Gasteiger partial charge in [-0.15, -0.1) is 0 Å². The number of alkyl halides is 3. The van der Waals surface area contributed by atoms with Gasteiger partial charge in [-0.1, -0.05) is 6.42 Å². The smallest absolute Gasteiger partial charge is 0.302 e. The molecule has 0 N–H and O–H groups in total. The minimum atomic E-state index is -4.35. The highest BCUT2D eigenvalue weighted by atomic mass is 32.2. The van der Waals surface area contributed by atoms with Crippen molar-refractivity contribution >= 4 is 16.3 Å². The van der Waals surface area contributed by atoms with Crippen molar-refractivity contribution in [3.8, 4) is 0 Å². The molecule has 0 aromatic heterocycles.